The van der Waals surface area contributed by atoms with E-state index in [-0.39, 0.29) is 0 Å². The van der Waals surface area contributed by atoms with Crippen molar-refractivity contribution in [3.63, 3.8) is 0 Å². The van der Waals surface area contributed by atoms with E-state index < -0.39 is 0 Å². The van der Waals surface area contributed by atoms with Crippen LogP contribution >= 0.6 is 0 Å². The van der Waals surface area contributed by atoms with E-state index in [2.05, 4.69) is 131 Å². The number of likely N-dealkylation sites (tertiary alicyclic amines) is 10. The molecule has 0 radical (unpaired) electrons. The van der Waals surface area contributed by atoms with Crippen LogP contribution in [0.25, 0.3) is 0 Å². The Hall–Kier alpha value is -0.440. The molecular weight excluding hydrogens is 1040 g/mol. The number of hydrogen-bond donors (Lipinski definition) is 0. The molecule has 498 valence electrons. The summed E-state index contributed by atoms with van der Waals surface area (Å²) in [6.45, 7) is 29.7. The molecule has 18 fully saturated rings. The van der Waals surface area contributed by atoms with Crippen LogP contribution in [-0.4, -0.2) is 275 Å². The molecule has 4 atom stereocenters. The van der Waals surface area contributed by atoms with Crippen molar-refractivity contribution < 1.29 is 0 Å². The van der Waals surface area contributed by atoms with E-state index in [4.69, 9.17) is 0 Å². The van der Waals surface area contributed by atoms with Gasteiger partial charge in [-0.3, -0.25) is 0 Å². The Morgan fingerprint density at radius 3 is 0.659 bits per heavy atom. The molecule has 11 heteroatoms. The quantitative estimate of drug-likeness (QED) is 0.233. The van der Waals surface area contributed by atoms with Crippen molar-refractivity contribution in [3.05, 3.63) is 0 Å². The van der Waals surface area contributed by atoms with Crippen LogP contribution in [0.5, 0.6) is 0 Å². The van der Waals surface area contributed by atoms with Crippen molar-refractivity contribution >= 4 is 0 Å². The first-order chi connectivity index (χ1) is 41.0. The summed E-state index contributed by atoms with van der Waals surface area (Å²) in [5.74, 6) is 6.55. The predicted molar refractivity (Wildman–Crippen MR) is 368 cm³/mol. The molecule has 18 rings (SSSR count). The molecule has 3 spiro atoms. The van der Waals surface area contributed by atoms with Gasteiger partial charge in [-0.05, 0) is 323 Å². The molecule has 11 nitrogen and oxygen atoms in total. The topological polar surface area (TPSA) is 35.6 Å². The van der Waals surface area contributed by atoms with Gasteiger partial charge in [0.05, 0.1) is 0 Å². The molecule has 0 amide bonds. The van der Waals surface area contributed by atoms with Gasteiger partial charge in [0.25, 0.3) is 0 Å². The maximum absolute atomic E-state index is 2.48. The molecular formula is C74H147N11. The Bertz CT molecular complexity index is 1580. The Morgan fingerprint density at radius 2 is 0.447 bits per heavy atom. The fourth-order valence-electron chi connectivity index (χ4n) is 18.4. The fraction of sp³-hybridized carbons (Fsp3) is 1.00. The highest BCUT2D eigenvalue weighted by Gasteiger charge is 2.46. The van der Waals surface area contributed by atoms with E-state index in [0.29, 0.717) is 0 Å². The molecule has 4 unspecified atom stereocenters. The number of hydrogen-bond acceptors (Lipinski definition) is 11. The lowest BCUT2D eigenvalue weighted by atomic mass is 9.64. The summed E-state index contributed by atoms with van der Waals surface area (Å²) < 4.78 is 0. The van der Waals surface area contributed by atoms with Crippen LogP contribution < -0.4 is 0 Å². The third-order valence-electron chi connectivity index (χ3n) is 23.8. The van der Waals surface area contributed by atoms with E-state index >= 15 is 0 Å². The predicted octanol–water partition coefficient (Wildman–Crippen LogP) is 12.5. The van der Waals surface area contributed by atoms with Crippen LogP contribution in [0.15, 0.2) is 0 Å². The van der Waals surface area contributed by atoms with Gasteiger partial charge < -0.3 is 53.9 Å². The Balaban J connectivity index is 0.000000135. The number of piperidine rings is 5. The first kappa shape index (κ1) is 72.0. The molecule has 0 N–H and O–H groups in total. The van der Waals surface area contributed by atoms with Gasteiger partial charge in [0.2, 0.25) is 0 Å². The fourth-order valence-corrected chi connectivity index (χ4v) is 18.4. The van der Waals surface area contributed by atoms with Gasteiger partial charge in [-0.15, -0.1) is 0 Å². The lowest BCUT2D eigenvalue weighted by molar-refractivity contribution is -0.0436. The van der Waals surface area contributed by atoms with Gasteiger partial charge in [0, 0.05) is 78.5 Å². The van der Waals surface area contributed by atoms with Crippen LogP contribution in [-0.2, 0) is 0 Å². The Morgan fingerprint density at radius 1 is 0.200 bits per heavy atom. The van der Waals surface area contributed by atoms with Crippen molar-refractivity contribution in [1.82, 2.24) is 53.9 Å². The number of rotatable bonds is 0. The highest BCUT2D eigenvalue weighted by molar-refractivity contribution is 4.99. The first-order valence-corrected chi connectivity index (χ1v) is 37.5. The molecule has 6 saturated carbocycles. The SMILES string of the molecule is CN1CC2(CCC2)C1.CN1CC2(CCCCC2)C1.CN1CC2(CCCCC2)C1.CN1CC2CC(C2)C1.CN1CC2CC2C1.CN1CC2CCCC2C1.CN1CCC1.CN1CCCC1.CN1CCCCC1.CN1CCCCC1.CN1CCCCCC1. The summed E-state index contributed by atoms with van der Waals surface area (Å²) in [6, 6.07) is 0. The maximum Gasteiger partial charge on any atom is 0.00474 e. The second kappa shape index (κ2) is 37.9. The zero-order valence-corrected chi connectivity index (χ0v) is 59.1. The normalized spacial score (nSPS) is 33.6. The molecule has 0 aromatic carbocycles. The summed E-state index contributed by atoms with van der Waals surface area (Å²) in [6.07, 6.45) is 47.2. The standard InChI is InChI=1S/2C9H17N.C8H15N.2C7H13N.C7H15N.C6H11N.2C6H13N.C5H11N.C4H9N/c2*1-10-7-9(8-10)5-3-2-4-6-9;1-9-5-7-3-2-4-8(7)6-9;1-8-4-6-2-7(3-6)5-8;1-8-5-7(6-8)3-2-4-7;1-8-6-4-2-3-5-7-8;1-7-3-5-2-6(5)4-7;2*1-7-5-3-2-4-6-7;1-6-4-2-3-5-6;1-5-3-2-4-5/h2*2-8H2,1H3;7-8H,2-6H2,1H3;6-7H,2-5H2,1H3;2-6H2,1H3;2-7H2,1H3;5-6H,2-4H2,1H3;2*2-6H2,1H3;2-5H2,1H3;2-4H2,1H3. The largest absolute Gasteiger partial charge is 0.306 e. The van der Waals surface area contributed by atoms with Crippen molar-refractivity contribution in [2.75, 3.05) is 222 Å². The van der Waals surface area contributed by atoms with Gasteiger partial charge in [-0.1, -0.05) is 77.0 Å². The molecule has 85 heavy (non-hydrogen) atoms. The molecule has 12 aliphatic heterocycles. The maximum atomic E-state index is 2.48. The average Bonchev–Trinajstić information content (AvgIpc) is 2.41. The van der Waals surface area contributed by atoms with Gasteiger partial charge in [0.15, 0.2) is 0 Å². The minimum Gasteiger partial charge on any atom is -0.306 e. The minimum absolute atomic E-state index is 0.799. The Labute approximate surface area is 530 Å². The number of fused-ring (bicyclic) bond motifs is 4. The molecule has 0 aromatic rings. The van der Waals surface area contributed by atoms with Gasteiger partial charge in [-0.2, -0.15) is 0 Å². The zero-order valence-electron chi connectivity index (χ0n) is 59.1. The van der Waals surface area contributed by atoms with E-state index in [1.54, 1.807) is 0 Å². The Kier molecular flexibility index (Phi) is 32.1. The summed E-state index contributed by atoms with van der Waals surface area (Å²) >= 11 is 0. The molecule has 2 bridgehead atoms. The van der Waals surface area contributed by atoms with Crippen molar-refractivity contribution in [3.8, 4) is 0 Å². The van der Waals surface area contributed by atoms with Crippen LogP contribution in [0.1, 0.15) is 205 Å². The average molecular weight is 1190 g/mol. The second-order valence-electron chi connectivity index (χ2n) is 33.2. The third-order valence-corrected chi connectivity index (χ3v) is 23.8. The summed E-state index contributed by atoms with van der Waals surface area (Å²) in [5.41, 5.74) is 2.44. The van der Waals surface area contributed by atoms with E-state index in [1.165, 1.54) is 349 Å². The monoisotopic (exact) mass is 1190 g/mol. The first-order valence-electron chi connectivity index (χ1n) is 37.5. The van der Waals surface area contributed by atoms with Crippen LogP contribution in [0.2, 0.25) is 0 Å². The molecule has 12 saturated heterocycles. The highest BCUT2D eigenvalue weighted by atomic mass is 15.2. The van der Waals surface area contributed by atoms with Gasteiger partial charge in [0.1, 0.15) is 0 Å². The van der Waals surface area contributed by atoms with Crippen molar-refractivity contribution in [2.24, 2.45) is 51.8 Å². The smallest absolute Gasteiger partial charge is 0.00474 e. The number of nitrogens with zero attached hydrogens (tertiary/aromatic N) is 11. The third kappa shape index (κ3) is 27.0. The van der Waals surface area contributed by atoms with Gasteiger partial charge in [-0.25, -0.2) is 0 Å². The van der Waals surface area contributed by atoms with Crippen LogP contribution in [0.3, 0.4) is 0 Å². The van der Waals surface area contributed by atoms with Crippen molar-refractivity contribution in [1.29, 1.82) is 0 Å². The minimum atomic E-state index is 0.799. The van der Waals surface area contributed by atoms with E-state index in [0.717, 1.165) is 51.8 Å². The van der Waals surface area contributed by atoms with Crippen LogP contribution in [0.4, 0.5) is 0 Å². The molecule has 18 aliphatic rings. The van der Waals surface area contributed by atoms with E-state index in [1.807, 2.05) is 0 Å². The molecule has 6 aliphatic carbocycles. The summed E-state index contributed by atoms with van der Waals surface area (Å²) in [7, 11) is 24.3. The summed E-state index contributed by atoms with van der Waals surface area (Å²) in [5, 5.41) is 0. The molecule has 0 aromatic heterocycles. The lowest BCUT2D eigenvalue weighted by Gasteiger charge is -2.54. The van der Waals surface area contributed by atoms with Gasteiger partial charge >= 0.3 is 0 Å². The lowest BCUT2D eigenvalue weighted by Crippen LogP contribution is -2.57. The van der Waals surface area contributed by atoms with Crippen LogP contribution in [0, 0.1) is 51.8 Å². The molecule has 12 heterocycles. The second-order valence-corrected chi connectivity index (χ2v) is 33.2. The van der Waals surface area contributed by atoms with E-state index in [9.17, 15) is 0 Å². The summed E-state index contributed by atoms with van der Waals surface area (Å²) in [4.78, 5) is 26.6. The zero-order chi connectivity index (χ0) is 60.5. The van der Waals surface area contributed by atoms with Crippen molar-refractivity contribution in [2.45, 2.75) is 205 Å². The highest BCUT2D eigenvalue weighted by Crippen LogP contribution is 2.48.